The summed E-state index contributed by atoms with van der Waals surface area (Å²) in [5, 5.41) is 8.65. The summed E-state index contributed by atoms with van der Waals surface area (Å²) in [7, 11) is 0. The van der Waals surface area contributed by atoms with E-state index in [0.29, 0.717) is 18.7 Å². The van der Waals surface area contributed by atoms with Gasteiger partial charge in [0.1, 0.15) is 0 Å². The van der Waals surface area contributed by atoms with Crippen molar-refractivity contribution in [3.8, 4) is 0 Å². The number of anilines is 1. The van der Waals surface area contributed by atoms with E-state index in [9.17, 15) is 9.59 Å². The SMILES string of the molecule is CC(C)N(CCCC(=O)O)C(=O)Cc1cccc(N)c1. The van der Waals surface area contributed by atoms with Gasteiger partial charge in [0.15, 0.2) is 0 Å². The number of rotatable bonds is 7. The second kappa shape index (κ2) is 7.53. The maximum absolute atomic E-state index is 12.3. The average Bonchev–Trinajstić information content (AvgIpc) is 2.33. The summed E-state index contributed by atoms with van der Waals surface area (Å²) in [5.74, 6) is -0.840. The molecule has 0 radical (unpaired) electrons. The van der Waals surface area contributed by atoms with Crippen LogP contribution >= 0.6 is 0 Å². The number of carbonyl (C=O) groups is 2. The molecule has 20 heavy (non-hydrogen) atoms. The van der Waals surface area contributed by atoms with Gasteiger partial charge >= 0.3 is 5.97 Å². The van der Waals surface area contributed by atoms with Gasteiger partial charge in [-0.2, -0.15) is 0 Å². The molecule has 0 aliphatic heterocycles. The van der Waals surface area contributed by atoms with E-state index in [1.54, 1.807) is 17.0 Å². The number of benzene rings is 1. The summed E-state index contributed by atoms with van der Waals surface area (Å²) < 4.78 is 0. The van der Waals surface area contributed by atoms with Crippen LogP contribution in [0.3, 0.4) is 0 Å². The predicted molar refractivity (Wildman–Crippen MR) is 78.3 cm³/mol. The summed E-state index contributed by atoms with van der Waals surface area (Å²) in [6.07, 6.45) is 0.835. The lowest BCUT2D eigenvalue weighted by Crippen LogP contribution is -2.38. The lowest BCUT2D eigenvalue weighted by molar-refractivity contribution is -0.138. The zero-order chi connectivity index (χ0) is 15.1. The van der Waals surface area contributed by atoms with E-state index in [2.05, 4.69) is 0 Å². The Morgan fingerprint density at radius 1 is 1.35 bits per heavy atom. The van der Waals surface area contributed by atoms with E-state index >= 15 is 0 Å². The van der Waals surface area contributed by atoms with Crippen LogP contribution in [-0.4, -0.2) is 34.5 Å². The van der Waals surface area contributed by atoms with Crippen LogP contribution in [0.25, 0.3) is 0 Å². The number of hydrogen-bond acceptors (Lipinski definition) is 3. The third kappa shape index (κ3) is 5.30. The molecular formula is C15H22N2O3. The Bertz CT molecular complexity index is 472. The van der Waals surface area contributed by atoms with Crippen LogP contribution in [0.2, 0.25) is 0 Å². The van der Waals surface area contributed by atoms with Crippen molar-refractivity contribution in [1.29, 1.82) is 0 Å². The van der Waals surface area contributed by atoms with Gasteiger partial charge in [0.2, 0.25) is 5.91 Å². The molecule has 0 atom stereocenters. The van der Waals surface area contributed by atoms with Crippen molar-refractivity contribution in [2.45, 2.75) is 39.2 Å². The van der Waals surface area contributed by atoms with E-state index in [1.807, 2.05) is 26.0 Å². The van der Waals surface area contributed by atoms with Crippen LogP contribution < -0.4 is 5.73 Å². The number of carbonyl (C=O) groups excluding carboxylic acids is 1. The minimum Gasteiger partial charge on any atom is -0.481 e. The third-order valence-electron chi connectivity index (χ3n) is 3.04. The van der Waals surface area contributed by atoms with Crippen molar-refractivity contribution in [3.05, 3.63) is 29.8 Å². The first-order chi connectivity index (χ1) is 9.40. The molecule has 0 unspecified atom stereocenters. The number of nitrogen functional groups attached to an aromatic ring is 1. The number of nitrogens with zero attached hydrogens (tertiary/aromatic N) is 1. The van der Waals surface area contributed by atoms with Crippen LogP contribution in [0.4, 0.5) is 5.69 Å². The van der Waals surface area contributed by atoms with E-state index in [0.717, 1.165) is 5.56 Å². The highest BCUT2D eigenvalue weighted by molar-refractivity contribution is 5.79. The van der Waals surface area contributed by atoms with E-state index < -0.39 is 5.97 Å². The second-order valence-corrected chi connectivity index (χ2v) is 5.10. The quantitative estimate of drug-likeness (QED) is 0.746. The second-order valence-electron chi connectivity index (χ2n) is 5.10. The molecular weight excluding hydrogens is 256 g/mol. The van der Waals surface area contributed by atoms with Gasteiger partial charge in [-0.3, -0.25) is 9.59 Å². The molecule has 110 valence electrons. The van der Waals surface area contributed by atoms with E-state index in [4.69, 9.17) is 10.8 Å². The summed E-state index contributed by atoms with van der Waals surface area (Å²) in [6, 6.07) is 7.30. The van der Waals surface area contributed by atoms with Crippen LogP contribution in [0.15, 0.2) is 24.3 Å². The number of nitrogens with two attached hydrogens (primary N) is 1. The Labute approximate surface area is 119 Å². The molecule has 0 aliphatic carbocycles. The molecule has 5 heteroatoms. The van der Waals surface area contributed by atoms with Gasteiger partial charge in [0, 0.05) is 24.7 Å². The van der Waals surface area contributed by atoms with Crippen LogP contribution in [0, 0.1) is 0 Å². The minimum absolute atomic E-state index is 0.00371. The largest absolute Gasteiger partial charge is 0.481 e. The predicted octanol–water partition coefficient (Wildman–Crippen LogP) is 1.91. The number of hydrogen-bond donors (Lipinski definition) is 2. The first kappa shape index (κ1) is 16.0. The maximum atomic E-state index is 12.3. The highest BCUT2D eigenvalue weighted by Crippen LogP contribution is 2.11. The van der Waals surface area contributed by atoms with Crippen LogP contribution in [0.1, 0.15) is 32.3 Å². The van der Waals surface area contributed by atoms with Crippen molar-refractivity contribution < 1.29 is 14.7 Å². The first-order valence-corrected chi connectivity index (χ1v) is 6.76. The average molecular weight is 278 g/mol. The van der Waals surface area contributed by atoms with Gasteiger partial charge in [-0.25, -0.2) is 0 Å². The molecule has 0 spiro atoms. The molecule has 1 aromatic carbocycles. The molecule has 0 aliphatic rings. The molecule has 3 N–H and O–H groups in total. The van der Waals surface area contributed by atoms with Gasteiger partial charge in [-0.05, 0) is 38.0 Å². The monoisotopic (exact) mass is 278 g/mol. The topological polar surface area (TPSA) is 83.6 Å². The molecule has 0 saturated carbocycles. The highest BCUT2D eigenvalue weighted by Gasteiger charge is 2.17. The Morgan fingerprint density at radius 3 is 2.60 bits per heavy atom. The fraction of sp³-hybridized carbons (Fsp3) is 0.467. The van der Waals surface area contributed by atoms with Crippen molar-refractivity contribution in [1.82, 2.24) is 4.90 Å². The Morgan fingerprint density at radius 2 is 2.05 bits per heavy atom. The standard InChI is InChI=1S/C15H22N2O3/c1-11(2)17(8-4-7-15(19)20)14(18)10-12-5-3-6-13(16)9-12/h3,5-6,9,11H,4,7-8,10,16H2,1-2H3,(H,19,20). The number of carboxylic acid groups (broad SMARTS) is 1. The molecule has 1 rings (SSSR count). The van der Waals surface area contributed by atoms with Gasteiger partial charge in [-0.15, -0.1) is 0 Å². The zero-order valence-corrected chi connectivity index (χ0v) is 12.0. The minimum atomic E-state index is -0.836. The van der Waals surface area contributed by atoms with Gasteiger partial charge in [0.25, 0.3) is 0 Å². The fourth-order valence-corrected chi connectivity index (χ4v) is 2.05. The molecule has 0 fully saturated rings. The zero-order valence-electron chi connectivity index (χ0n) is 12.0. The molecule has 0 heterocycles. The fourth-order valence-electron chi connectivity index (χ4n) is 2.05. The first-order valence-electron chi connectivity index (χ1n) is 6.76. The Hall–Kier alpha value is -2.04. The number of carboxylic acids is 1. The third-order valence-corrected chi connectivity index (χ3v) is 3.04. The van der Waals surface area contributed by atoms with Crippen molar-refractivity contribution in [2.75, 3.05) is 12.3 Å². The highest BCUT2D eigenvalue weighted by atomic mass is 16.4. The molecule has 1 aromatic rings. The summed E-state index contributed by atoms with van der Waals surface area (Å²) in [4.78, 5) is 24.5. The molecule has 0 bridgehead atoms. The molecule has 0 aromatic heterocycles. The van der Waals surface area contributed by atoms with Gasteiger partial charge < -0.3 is 15.7 Å². The molecule has 0 saturated heterocycles. The molecule has 1 amide bonds. The lowest BCUT2D eigenvalue weighted by Gasteiger charge is -2.26. The maximum Gasteiger partial charge on any atom is 0.303 e. The van der Waals surface area contributed by atoms with Gasteiger partial charge in [-0.1, -0.05) is 12.1 Å². The van der Waals surface area contributed by atoms with E-state index in [-0.39, 0.29) is 24.8 Å². The number of amides is 1. The van der Waals surface area contributed by atoms with Crippen LogP contribution in [-0.2, 0) is 16.0 Å². The van der Waals surface area contributed by atoms with E-state index in [1.165, 1.54) is 0 Å². The summed E-state index contributed by atoms with van der Waals surface area (Å²) >= 11 is 0. The summed E-state index contributed by atoms with van der Waals surface area (Å²) in [5.41, 5.74) is 7.20. The van der Waals surface area contributed by atoms with Gasteiger partial charge in [0.05, 0.1) is 6.42 Å². The number of aliphatic carboxylic acids is 1. The Balaban J connectivity index is 2.62. The smallest absolute Gasteiger partial charge is 0.303 e. The van der Waals surface area contributed by atoms with Crippen molar-refractivity contribution in [3.63, 3.8) is 0 Å². The normalized spacial score (nSPS) is 10.6. The lowest BCUT2D eigenvalue weighted by atomic mass is 10.1. The van der Waals surface area contributed by atoms with Crippen molar-refractivity contribution >= 4 is 17.6 Å². The molecule has 5 nitrogen and oxygen atoms in total. The summed E-state index contributed by atoms with van der Waals surface area (Å²) in [6.45, 7) is 4.32. The van der Waals surface area contributed by atoms with Crippen LogP contribution in [0.5, 0.6) is 0 Å². The van der Waals surface area contributed by atoms with Crippen molar-refractivity contribution in [2.24, 2.45) is 0 Å². The Kier molecular flexibility index (Phi) is 6.03.